The van der Waals surface area contributed by atoms with Gasteiger partial charge in [-0.1, -0.05) is 18.2 Å². The van der Waals surface area contributed by atoms with Gasteiger partial charge in [-0.15, -0.1) is 0 Å². The largest absolute Gasteiger partial charge is 0.365 e. The van der Waals surface area contributed by atoms with Gasteiger partial charge in [0, 0.05) is 38.6 Å². The molecule has 6 nitrogen and oxygen atoms in total. The van der Waals surface area contributed by atoms with Crippen molar-refractivity contribution >= 4 is 11.6 Å². The molecule has 2 aliphatic rings. The second-order valence-corrected chi connectivity index (χ2v) is 6.21. The van der Waals surface area contributed by atoms with Gasteiger partial charge < -0.3 is 14.2 Å². The first-order chi connectivity index (χ1) is 11.2. The number of aromatic nitrogens is 2. The molecule has 2 atom stereocenters. The standard InChI is InChI=1S/C17H20N4O2/c1-19-12-18-7-14(19)8-20-9-15-16(10-20)23-11-17(22)21(15)13-5-3-2-4-6-13/h2-7,12,15-16H,8-11H2,1H3/t15-,16-/m0/s1. The summed E-state index contributed by atoms with van der Waals surface area (Å²) in [5.74, 6) is 0.0415. The number of para-hydroxylation sites is 1. The number of likely N-dealkylation sites (tertiary alicyclic amines) is 1. The summed E-state index contributed by atoms with van der Waals surface area (Å²) in [5, 5.41) is 0. The van der Waals surface area contributed by atoms with Gasteiger partial charge in [-0.05, 0) is 12.1 Å². The van der Waals surface area contributed by atoms with Gasteiger partial charge in [0.1, 0.15) is 6.61 Å². The molecule has 2 aliphatic heterocycles. The number of amides is 1. The Morgan fingerprint density at radius 1 is 1.26 bits per heavy atom. The van der Waals surface area contributed by atoms with Crippen LogP contribution in [0.2, 0.25) is 0 Å². The number of hydrogen-bond acceptors (Lipinski definition) is 4. The fraction of sp³-hybridized carbons (Fsp3) is 0.412. The average Bonchev–Trinajstić information content (AvgIpc) is 3.15. The number of benzene rings is 1. The highest BCUT2D eigenvalue weighted by Crippen LogP contribution is 2.29. The number of rotatable bonds is 3. The Kier molecular flexibility index (Phi) is 3.63. The molecule has 0 radical (unpaired) electrons. The lowest BCUT2D eigenvalue weighted by molar-refractivity contribution is -0.130. The van der Waals surface area contributed by atoms with E-state index in [1.807, 2.05) is 59.4 Å². The smallest absolute Gasteiger partial charge is 0.253 e. The van der Waals surface area contributed by atoms with Gasteiger partial charge in [-0.2, -0.15) is 0 Å². The molecule has 0 saturated carbocycles. The molecule has 120 valence electrons. The Balaban J connectivity index is 1.55. The van der Waals surface area contributed by atoms with Crippen molar-refractivity contribution < 1.29 is 9.53 Å². The van der Waals surface area contributed by atoms with Crippen LogP contribution in [0.4, 0.5) is 5.69 Å². The maximum Gasteiger partial charge on any atom is 0.253 e. The Morgan fingerprint density at radius 3 is 2.83 bits per heavy atom. The fourth-order valence-electron chi connectivity index (χ4n) is 3.50. The van der Waals surface area contributed by atoms with Crippen LogP contribution >= 0.6 is 0 Å². The van der Waals surface area contributed by atoms with Crippen molar-refractivity contribution in [2.45, 2.75) is 18.7 Å². The first kappa shape index (κ1) is 14.4. The minimum atomic E-state index is 0.0415. The third-order valence-electron chi connectivity index (χ3n) is 4.67. The maximum atomic E-state index is 12.4. The topological polar surface area (TPSA) is 50.6 Å². The number of morpholine rings is 1. The maximum absolute atomic E-state index is 12.4. The van der Waals surface area contributed by atoms with Crippen molar-refractivity contribution in [1.82, 2.24) is 14.5 Å². The van der Waals surface area contributed by atoms with Crippen LogP contribution in [0.5, 0.6) is 0 Å². The second kappa shape index (κ2) is 5.79. The molecule has 0 aliphatic carbocycles. The highest BCUT2D eigenvalue weighted by atomic mass is 16.5. The van der Waals surface area contributed by atoms with E-state index in [1.54, 1.807) is 0 Å². The number of carbonyl (C=O) groups is 1. The molecule has 2 aromatic rings. The minimum absolute atomic E-state index is 0.0415. The van der Waals surface area contributed by atoms with Crippen molar-refractivity contribution in [1.29, 1.82) is 0 Å². The SMILES string of the molecule is Cn1cncc1CN1C[C@@H]2OCC(=O)N(c3ccccc3)[C@H]2C1. The number of fused-ring (bicyclic) bond motifs is 1. The molecular formula is C17H20N4O2. The second-order valence-electron chi connectivity index (χ2n) is 6.21. The molecule has 1 aromatic heterocycles. The Labute approximate surface area is 135 Å². The predicted molar refractivity (Wildman–Crippen MR) is 85.9 cm³/mol. The zero-order valence-electron chi connectivity index (χ0n) is 13.1. The normalized spacial score (nSPS) is 24.9. The Bertz CT molecular complexity index is 700. The summed E-state index contributed by atoms with van der Waals surface area (Å²) in [7, 11) is 2.00. The molecular weight excluding hydrogens is 292 g/mol. The number of nitrogens with zero attached hydrogens (tertiary/aromatic N) is 4. The van der Waals surface area contributed by atoms with Gasteiger partial charge in [-0.25, -0.2) is 4.98 Å². The first-order valence-corrected chi connectivity index (χ1v) is 7.88. The highest BCUT2D eigenvalue weighted by Gasteiger charge is 2.43. The van der Waals surface area contributed by atoms with E-state index in [0.29, 0.717) is 0 Å². The van der Waals surface area contributed by atoms with Gasteiger partial charge in [0.15, 0.2) is 0 Å². The zero-order valence-corrected chi connectivity index (χ0v) is 13.1. The summed E-state index contributed by atoms with van der Waals surface area (Å²) in [5.41, 5.74) is 2.12. The number of anilines is 1. The molecule has 3 heterocycles. The Morgan fingerprint density at radius 2 is 2.09 bits per heavy atom. The number of hydrogen-bond donors (Lipinski definition) is 0. The van der Waals surface area contributed by atoms with E-state index in [-0.39, 0.29) is 24.7 Å². The van der Waals surface area contributed by atoms with Crippen LogP contribution < -0.4 is 4.90 Å². The van der Waals surface area contributed by atoms with Crippen molar-refractivity contribution in [2.75, 3.05) is 24.6 Å². The minimum Gasteiger partial charge on any atom is -0.365 e. The van der Waals surface area contributed by atoms with E-state index in [4.69, 9.17) is 4.74 Å². The number of ether oxygens (including phenoxy) is 1. The van der Waals surface area contributed by atoms with Crippen LogP contribution in [0, 0.1) is 0 Å². The van der Waals surface area contributed by atoms with Crippen LogP contribution in [0.25, 0.3) is 0 Å². The van der Waals surface area contributed by atoms with Crippen molar-refractivity contribution in [3.05, 3.63) is 48.5 Å². The molecule has 23 heavy (non-hydrogen) atoms. The molecule has 4 rings (SSSR count). The Hall–Kier alpha value is -2.18. The average molecular weight is 312 g/mol. The third kappa shape index (κ3) is 2.64. The lowest BCUT2D eigenvalue weighted by Crippen LogP contribution is -2.54. The summed E-state index contributed by atoms with van der Waals surface area (Å²) >= 11 is 0. The molecule has 0 unspecified atom stereocenters. The van der Waals surface area contributed by atoms with Crippen LogP contribution in [0.15, 0.2) is 42.9 Å². The lowest BCUT2D eigenvalue weighted by Gasteiger charge is -2.36. The predicted octanol–water partition coefficient (Wildman–Crippen LogP) is 1.04. The van der Waals surface area contributed by atoms with Crippen LogP contribution in [0.1, 0.15) is 5.69 Å². The summed E-state index contributed by atoms with van der Waals surface area (Å²) in [6.45, 7) is 2.64. The molecule has 0 N–H and O–H groups in total. The number of aryl methyl sites for hydroxylation is 1. The van der Waals surface area contributed by atoms with Gasteiger partial charge in [0.2, 0.25) is 0 Å². The molecule has 0 bridgehead atoms. The monoisotopic (exact) mass is 312 g/mol. The van der Waals surface area contributed by atoms with Crippen molar-refractivity contribution in [3.8, 4) is 0 Å². The van der Waals surface area contributed by atoms with E-state index >= 15 is 0 Å². The van der Waals surface area contributed by atoms with E-state index in [1.165, 1.54) is 5.69 Å². The molecule has 1 amide bonds. The van der Waals surface area contributed by atoms with E-state index < -0.39 is 0 Å². The molecule has 2 saturated heterocycles. The van der Waals surface area contributed by atoms with Crippen LogP contribution in [-0.4, -0.2) is 52.2 Å². The van der Waals surface area contributed by atoms with E-state index in [2.05, 4.69) is 9.88 Å². The van der Waals surface area contributed by atoms with Crippen molar-refractivity contribution in [3.63, 3.8) is 0 Å². The van der Waals surface area contributed by atoms with E-state index in [9.17, 15) is 4.79 Å². The molecule has 0 spiro atoms. The first-order valence-electron chi connectivity index (χ1n) is 7.88. The summed E-state index contributed by atoms with van der Waals surface area (Å²) in [4.78, 5) is 20.8. The fourth-order valence-corrected chi connectivity index (χ4v) is 3.50. The van der Waals surface area contributed by atoms with Crippen LogP contribution in [0.3, 0.4) is 0 Å². The molecule has 6 heteroatoms. The van der Waals surface area contributed by atoms with Gasteiger partial charge in [0.05, 0.1) is 24.2 Å². The lowest BCUT2D eigenvalue weighted by atomic mass is 10.1. The third-order valence-corrected chi connectivity index (χ3v) is 4.67. The van der Waals surface area contributed by atoms with Gasteiger partial charge >= 0.3 is 0 Å². The zero-order chi connectivity index (χ0) is 15.8. The summed E-state index contributed by atoms with van der Waals surface area (Å²) < 4.78 is 7.82. The van der Waals surface area contributed by atoms with Gasteiger partial charge in [-0.3, -0.25) is 9.69 Å². The number of imidazole rings is 1. The van der Waals surface area contributed by atoms with Gasteiger partial charge in [0.25, 0.3) is 5.91 Å². The number of carbonyl (C=O) groups excluding carboxylic acids is 1. The van der Waals surface area contributed by atoms with Crippen molar-refractivity contribution in [2.24, 2.45) is 7.05 Å². The highest BCUT2D eigenvalue weighted by molar-refractivity contribution is 5.95. The summed E-state index contributed by atoms with van der Waals surface area (Å²) in [6.07, 6.45) is 3.78. The van der Waals surface area contributed by atoms with E-state index in [0.717, 1.165) is 25.3 Å². The molecule has 1 aromatic carbocycles. The van der Waals surface area contributed by atoms with Crippen LogP contribution in [-0.2, 0) is 23.1 Å². The molecule has 2 fully saturated rings. The quantitative estimate of drug-likeness (QED) is 0.850. The summed E-state index contributed by atoms with van der Waals surface area (Å²) in [6, 6.07) is 9.96.